The number of carbonyl (C=O) groups is 1. The Kier molecular flexibility index (Phi) is 5.11. The van der Waals surface area contributed by atoms with E-state index in [1.54, 1.807) is 35.2 Å². The Labute approximate surface area is 140 Å². The molecular weight excluding hydrogens is 370 g/mol. The molecule has 0 atom stereocenters. The summed E-state index contributed by atoms with van der Waals surface area (Å²) in [5.41, 5.74) is 1.45. The van der Waals surface area contributed by atoms with Gasteiger partial charge in [-0.3, -0.25) is 0 Å². The number of aromatic carboxylic acids is 1. The second-order valence-electron chi connectivity index (χ2n) is 5.61. The Bertz CT molecular complexity index is 662. The van der Waals surface area contributed by atoms with Gasteiger partial charge in [-0.1, -0.05) is 20.8 Å². The lowest BCUT2D eigenvalue weighted by Gasteiger charge is -2.14. The molecule has 0 unspecified atom stereocenters. The number of nitrogens with zero attached hydrogens (tertiary/aromatic N) is 1. The second kappa shape index (κ2) is 6.50. The van der Waals surface area contributed by atoms with E-state index in [0.717, 1.165) is 21.3 Å². The maximum absolute atomic E-state index is 11.1. The molecule has 1 aromatic heterocycles. The Hall–Kier alpha value is -0.850. The summed E-state index contributed by atoms with van der Waals surface area (Å²) in [6, 6.07) is 5.38. The minimum atomic E-state index is -0.923. The fourth-order valence-electron chi connectivity index (χ4n) is 1.62. The van der Waals surface area contributed by atoms with Gasteiger partial charge in [0.25, 0.3) is 0 Å². The van der Waals surface area contributed by atoms with E-state index < -0.39 is 5.97 Å². The van der Waals surface area contributed by atoms with Gasteiger partial charge < -0.3 is 5.11 Å². The summed E-state index contributed by atoms with van der Waals surface area (Å²) >= 11 is 6.51. The van der Waals surface area contributed by atoms with Crippen molar-refractivity contribution in [2.75, 3.05) is 0 Å². The molecule has 0 saturated heterocycles. The van der Waals surface area contributed by atoms with E-state index in [4.69, 9.17) is 5.11 Å². The minimum Gasteiger partial charge on any atom is -0.478 e. The van der Waals surface area contributed by atoms with Crippen LogP contribution in [0.3, 0.4) is 0 Å². The van der Waals surface area contributed by atoms with Crippen LogP contribution in [0.25, 0.3) is 0 Å². The maximum atomic E-state index is 11.1. The summed E-state index contributed by atoms with van der Waals surface area (Å²) in [5, 5.41) is 12.3. The van der Waals surface area contributed by atoms with E-state index in [9.17, 15) is 4.79 Å². The lowest BCUT2D eigenvalue weighted by atomic mass is 9.93. The highest BCUT2D eigenvalue weighted by Gasteiger charge is 2.17. The van der Waals surface area contributed by atoms with Crippen molar-refractivity contribution in [2.24, 2.45) is 0 Å². The van der Waals surface area contributed by atoms with Gasteiger partial charge in [-0.05, 0) is 34.1 Å². The monoisotopic (exact) mass is 385 g/mol. The molecule has 3 nitrogen and oxygen atoms in total. The van der Waals surface area contributed by atoms with E-state index in [1.165, 1.54) is 0 Å². The van der Waals surface area contributed by atoms with Crippen molar-refractivity contribution in [3.8, 4) is 0 Å². The first-order valence-corrected chi connectivity index (χ1v) is 9.04. The molecule has 0 bridgehead atoms. The quantitative estimate of drug-likeness (QED) is 0.735. The van der Waals surface area contributed by atoms with Crippen molar-refractivity contribution in [1.82, 2.24) is 4.98 Å². The third kappa shape index (κ3) is 4.31. The van der Waals surface area contributed by atoms with Gasteiger partial charge in [-0.2, -0.15) is 0 Å². The van der Waals surface area contributed by atoms with Crippen LogP contribution in [0.2, 0.25) is 0 Å². The highest BCUT2D eigenvalue weighted by atomic mass is 79.9. The normalized spacial score (nSPS) is 11.6. The molecule has 2 rings (SSSR count). The second-order valence-corrected chi connectivity index (χ2v) is 8.46. The summed E-state index contributed by atoms with van der Waals surface area (Å²) in [5.74, 6) is -0.171. The number of thiazole rings is 1. The maximum Gasteiger partial charge on any atom is 0.336 e. The van der Waals surface area contributed by atoms with Crippen LogP contribution in [0.4, 0.5) is 0 Å². The van der Waals surface area contributed by atoms with Gasteiger partial charge in [-0.15, -0.1) is 23.1 Å². The first-order valence-electron chi connectivity index (χ1n) is 6.38. The summed E-state index contributed by atoms with van der Waals surface area (Å²) in [6.07, 6.45) is 0. The number of hydrogen-bond donors (Lipinski definition) is 1. The first kappa shape index (κ1) is 16.5. The lowest BCUT2D eigenvalue weighted by Crippen LogP contribution is -2.11. The van der Waals surface area contributed by atoms with Crippen molar-refractivity contribution in [3.05, 3.63) is 44.3 Å². The van der Waals surface area contributed by atoms with E-state index in [1.807, 2.05) is 6.07 Å². The molecule has 112 valence electrons. The molecule has 1 N–H and O–H groups in total. The van der Waals surface area contributed by atoms with Crippen molar-refractivity contribution in [3.63, 3.8) is 0 Å². The molecule has 1 aromatic carbocycles. The smallest absolute Gasteiger partial charge is 0.336 e. The topological polar surface area (TPSA) is 50.2 Å². The zero-order valence-electron chi connectivity index (χ0n) is 12.0. The standard InChI is InChI=1S/C15H16BrNO2S2/c1-15(2,3)12-7-21-13(17-12)8-20-9-4-5-11(16)10(6-9)14(18)19/h4-7H,8H2,1-3H3,(H,18,19). The van der Waals surface area contributed by atoms with Crippen molar-refractivity contribution < 1.29 is 9.90 Å². The SMILES string of the molecule is CC(C)(C)c1csc(CSc2ccc(Br)c(C(=O)O)c2)n1. The van der Waals surface area contributed by atoms with E-state index in [-0.39, 0.29) is 11.0 Å². The summed E-state index contributed by atoms with van der Waals surface area (Å²) in [6.45, 7) is 6.44. The Balaban J connectivity index is 2.08. The lowest BCUT2D eigenvalue weighted by molar-refractivity contribution is 0.0695. The molecule has 0 aliphatic rings. The fourth-order valence-corrected chi connectivity index (χ4v) is 4.02. The molecular formula is C15H16BrNO2S2. The van der Waals surface area contributed by atoms with Crippen LogP contribution in [0, 0.1) is 0 Å². The van der Waals surface area contributed by atoms with Gasteiger partial charge in [0.1, 0.15) is 5.01 Å². The number of aromatic nitrogens is 1. The number of carboxylic acid groups (broad SMARTS) is 1. The summed E-state index contributed by atoms with van der Waals surface area (Å²) < 4.78 is 0.601. The molecule has 0 aliphatic heterocycles. The Morgan fingerprint density at radius 1 is 1.43 bits per heavy atom. The third-order valence-corrected chi connectivity index (χ3v) is 5.58. The molecule has 6 heteroatoms. The van der Waals surface area contributed by atoms with E-state index in [0.29, 0.717) is 4.47 Å². The van der Waals surface area contributed by atoms with Crippen LogP contribution in [0.15, 0.2) is 32.9 Å². The van der Waals surface area contributed by atoms with Crippen LogP contribution in [0.5, 0.6) is 0 Å². The van der Waals surface area contributed by atoms with Gasteiger partial charge in [0.15, 0.2) is 0 Å². The molecule has 0 fully saturated rings. The van der Waals surface area contributed by atoms with E-state index in [2.05, 4.69) is 47.1 Å². The van der Waals surface area contributed by atoms with E-state index >= 15 is 0 Å². The predicted octanol–water partition coefficient (Wildman–Crippen LogP) is 5.19. The molecule has 2 aromatic rings. The molecule has 0 amide bonds. The zero-order valence-corrected chi connectivity index (χ0v) is 15.2. The zero-order chi connectivity index (χ0) is 15.6. The fraction of sp³-hybridized carbons (Fsp3) is 0.333. The Morgan fingerprint density at radius 3 is 2.71 bits per heavy atom. The first-order chi connectivity index (χ1) is 9.77. The molecule has 1 heterocycles. The number of hydrogen-bond acceptors (Lipinski definition) is 4. The van der Waals surface area contributed by atoms with Gasteiger partial charge >= 0.3 is 5.97 Å². The highest BCUT2D eigenvalue weighted by molar-refractivity contribution is 9.10. The average Bonchev–Trinajstić information content (AvgIpc) is 2.86. The van der Waals surface area contributed by atoms with Crippen molar-refractivity contribution >= 4 is 45.0 Å². The van der Waals surface area contributed by atoms with Crippen molar-refractivity contribution in [1.29, 1.82) is 0 Å². The van der Waals surface area contributed by atoms with Gasteiger partial charge in [0.05, 0.1) is 17.0 Å². The van der Waals surface area contributed by atoms with Crippen LogP contribution >= 0.6 is 39.0 Å². The van der Waals surface area contributed by atoms with Crippen LogP contribution in [-0.2, 0) is 11.2 Å². The molecule has 0 aliphatic carbocycles. The number of rotatable bonds is 4. The predicted molar refractivity (Wildman–Crippen MR) is 91.5 cm³/mol. The minimum absolute atomic E-state index is 0.0630. The summed E-state index contributed by atoms with van der Waals surface area (Å²) in [4.78, 5) is 16.7. The third-order valence-electron chi connectivity index (χ3n) is 2.85. The number of carboxylic acids is 1. The van der Waals surface area contributed by atoms with Crippen LogP contribution in [-0.4, -0.2) is 16.1 Å². The Morgan fingerprint density at radius 2 is 2.14 bits per heavy atom. The number of halogens is 1. The van der Waals surface area contributed by atoms with Gasteiger partial charge in [0, 0.05) is 20.2 Å². The highest BCUT2D eigenvalue weighted by Crippen LogP contribution is 2.30. The summed E-state index contributed by atoms with van der Waals surface area (Å²) in [7, 11) is 0. The molecule has 0 saturated carbocycles. The number of benzene rings is 1. The van der Waals surface area contributed by atoms with Gasteiger partial charge in [-0.25, -0.2) is 9.78 Å². The van der Waals surface area contributed by atoms with Crippen LogP contribution < -0.4 is 0 Å². The van der Waals surface area contributed by atoms with Crippen LogP contribution in [0.1, 0.15) is 41.8 Å². The number of thioether (sulfide) groups is 1. The van der Waals surface area contributed by atoms with Crippen molar-refractivity contribution in [2.45, 2.75) is 36.8 Å². The average molecular weight is 386 g/mol. The van der Waals surface area contributed by atoms with Gasteiger partial charge in [0.2, 0.25) is 0 Å². The molecule has 21 heavy (non-hydrogen) atoms. The molecule has 0 radical (unpaired) electrons. The molecule has 0 spiro atoms. The largest absolute Gasteiger partial charge is 0.478 e.